The maximum atomic E-state index is 12.1. The van der Waals surface area contributed by atoms with Crippen LogP contribution in [0, 0.1) is 6.92 Å². The predicted molar refractivity (Wildman–Crippen MR) is 90.4 cm³/mol. The number of carbonyl (C=O) groups excluding carboxylic acids is 2. The van der Waals surface area contributed by atoms with Crippen molar-refractivity contribution in [1.82, 2.24) is 4.90 Å². The molecule has 1 aromatic carbocycles. The standard InChI is InChI=1S/C15H18N2O2S2/c1-3-12-14(19)17(15(20)21-12)9-8-13(18)16-11-7-5-4-6-10(11)2/h4-7,12H,3,8-9H2,1-2H3,(H,16,18). The summed E-state index contributed by atoms with van der Waals surface area (Å²) in [5, 5.41) is 2.78. The molecule has 1 aliphatic rings. The molecule has 2 amide bonds. The van der Waals surface area contributed by atoms with Gasteiger partial charge in [0.05, 0.1) is 5.25 Å². The van der Waals surface area contributed by atoms with Crippen molar-refractivity contribution in [2.75, 3.05) is 11.9 Å². The number of hydrogen-bond donors (Lipinski definition) is 1. The molecule has 1 N–H and O–H groups in total. The van der Waals surface area contributed by atoms with Crippen LogP contribution >= 0.6 is 24.0 Å². The van der Waals surface area contributed by atoms with Gasteiger partial charge in [0.25, 0.3) is 0 Å². The first-order valence-corrected chi connectivity index (χ1v) is 8.19. The van der Waals surface area contributed by atoms with Crippen LogP contribution < -0.4 is 5.32 Å². The van der Waals surface area contributed by atoms with Gasteiger partial charge in [-0.05, 0) is 25.0 Å². The molecule has 112 valence electrons. The van der Waals surface area contributed by atoms with Crippen LogP contribution in [0.5, 0.6) is 0 Å². The van der Waals surface area contributed by atoms with Crippen molar-refractivity contribution >= 4 is 45.8 Å². The summed E-state index contributed by atoms with van der Waals surface area (Å²) < 4.78 is 0.579. The van der Waals surface area contributed by atoms with Crippen LogP contribution in [0.4, 0.5) is 5.69 Å². The molecular weight excluding hydrogens is 304 g/mol. The fraction of sp³-hybridized carbons (Fsp3) is 0.400. The lowest BCUT2D eigenvalue weighted by Gasteiger charge is -2.15. The summed E-state index contributed by atoms with van der Waals surface area (Å²) in [4.78, 5) is 25.6. The predicted octanol–water partition coefficient (Wildman–Crippen LogP) is 2.96. The monoisotopic (exact) mass is 322 g/mol. The average molecular weight is 322 g/mol. The molecule has 0 saturated carbocycles. The Morgan fingerprint density at radius 3 is 2.76 bits per heavy atom. The number of hydrogen-bond acceptors (Lipinski definition) is 4. The fourth-order valence-electron chi connectivity index (χ4n) is 2.10. The number of nitrogens with one attached hydrogen (secondary N) is 1. The van der Waals surface area contributed by atoms with E-state index in [1.807, 2.05) is 38.1 Å². The van der Waals surface area contributed by atoms with E-state index in [4.69, 9.17) is 12.2 Å². The highest BCUT2D eigenvalue weighted by Crippen LogP contribution is 2.29. The highest BCUT2D eigenvalue weighted by molar-refractivity contribution is 8.24. The molecule has 1 atom stereocenters. The molecule has 1 aliphatic heterocycles. The van der Waals surface area contributed by atoms with Crippen molar-refractivity contribution < 1.29 is 9.59 Å². The number of thiocarbonyl (C=S) groups is 1. The Balaban J connectivity index is 1.89. The first kappa shape index (κ1) is 16.0. The smallest absolute Gasteiger partial charge is 0.241 e. The quantitative estimate of drug-likeness (QED) is 0.847. The number of carbonyl (C=O) groups is 2. The second-order valence-corrected chi connectivity index (χ2v) is 6.72. The normalized spacial score (nSPS) is 18.2. The van der Waals surface area contributed by atoms with E-state index in [-0.39, 0.29) is 23.5 Å². The molecule has 0 spiro atoms. The second-order valence-electron chi connectivity index (χ2n) is 4.88. The van der Waals surface area contributed by atoms with Crippen molar-refractivity contribution in [3.8, 4) is 0 Å². The first-order valence-electron chi connectivity index (χ1n) is 6.90. The molecule has 21 heavy (non-hydrogen) atoms. The first-order chi connectivity index (χ1) is 10.0. The summed E-state index contributed by atoms with van der Waals surface area (Å²) in [6.45, 7) is 4.25. The van der Waals surface area contributed by atoms with E-state index in [0.717, 1.165) is 17.7 Å². The Kier molecular flexibility index (Phi) is 5.36. The van der Waals surface area contributed by atoms with E-state index in [9.17, 15) is 9.59 Å². The lowest BCUT2D eigenvalue weighted by molar-refractivity contribution is -0.126. The number of nitrogens with zero attached hydrogens (tertiary/aromatic N) is 1. The maximum Gasteiger partial charge on any atom is 0.241 e. The number of benzene rings is 1. The van der Waals surface area contributed by atoms with Crippen LogP contribution in [0.15, 0.2) is 24.3 Å². The van der Waals surface area contributed by atoms with E-state index in [2.05, 4.69) is 5.32 Å². The van der Waals surface area contributed by atoms with Gasteiger partial charge in [-0.2, -0.15) is 0 Å². The number of amides is 2. The fourth-order valence-corrected chi connectivity index (χ4v) is 3.57. The van der Waals surface area contributed by atoms with Crippen molar-refractivity contribution in [1.29, 1.82) is 0 Å². The van der Waals surface area contributed by atoms with Gasteiger partial charge in [0, 0.05) is 18.7 Å². The van der Waals surface area contributed by atoms with Crippen molar-refractivity contribution in [3.05, 3.63) is 29.8 Å². The summed E-state index contributed by atoms with van der Waals surface area (Å²) in [7, 11) is 0. The van der Waals surface area contributed by atoms with E-state index >= 15 is 0 Å². The van der Waals surface area contributed by atoms with Gasteiger partial charge in [0.15, 0.2) is 0 Å². The molecule has 6 heteroatoms. The summed E-state index contributed by atoms with van der Waals surface area (Å²) in [6.07, 6.45) is 1.01. The van der Waals surface area contributed by atoms with Gasteiger partial charge in [-0.15, -0.1) is 0 Å². The second kappa shape index (κ2) is 7.04. The summed E-state index contributed by atoms with van der Waals surface area (Å²) in [5.74, 6) is -0.0824. The Hall–Kier alpha value is -1.40. The van der Waals surface area contributed by atoms with Crippen molar-refractivity contribution in [2.45, 2.75) is 31.9 Å². The molecule has 1 saturated heterocycles. The molecule has 0 radical (unpaired) electrons. The Labute approximate surface area is 134 Å². The van der Waals surface area contributed by atoms with Gasteiger partial charge in [-0.25, -0.2) is 0 Å². The third-order valence-corrected chi connectivity index (χ3v) is 5.11. The summed E-state index contributed by atoms with van der Waals surface area (Å²) in [5.41, 5.74) is 1.82. The third kappa shape index (κ3) is 3.83. The molecule has 4 nitrogen and oxygen atoms in total. The Morgan fingerprint density at radius 1 is 1.43 bits per heavy atom. The third-order valence-electron chi connectivity index (χ3n) is 3.36. The van der Waals surface area contributed by atoms with Crippen molar-refractivity contribution in [3.63, 3.8) is 0 Å². The minimum Gasteiger partial charge on any atom is -0.326 e. The van der Waals surface area contributed by atoms with E-state index < -0.39 is 0 Å². The largest absolute Gasteiger partial charge is 0.326 e. The molecular formula is C15H18N2O2S2. The number of anilines is 1. The van der Waals surface area contributed by atoms with E-state index in [1.165, 1.54) is 11.8 Å². The van der Waals surface area contributed by atoms with Crippen molar-refractivity contribution in [2.24, 2.45) is 0 Å². The van der Waals surface area contributed by atoms with Gasteiger partial charge in [-0.1, -0.05) is 49.1 Å². The topological polar surface area (TPSA) is 49.4 Å². The van der Waals surface area contributed by atoms with E-state index in [1.54, 1.807) is 4.90 Å². The summed E-state index contributed by atoms with van der Waals surface area (Å²) >= 11 is 6.62. The maximum absolute atomic E-state index is 12.1. The minimum atomic E-state index is -0.107. The van der Waals surface area contributed by atoms with Gasteiger partial charge < -0.3 is 5.32 Å². The van der Waals surface area contributed by atoms with Crippen LogP contribution in [0.3, 0.4) is 0 Å². The molecule has 0 aromatic heterocycles. The molecule has 0 bridgehead atoms. The van der Waals surface area contributed by atoms with Crippen LogP contribution in [-0.2, 0) is 9.59 Å². The van der Waals surface area contributed by atoms with Gasteiger partial charge in [0.1, 0.15) is 4.32 Å². The zero-order chi connectivity index (χ0) is 15.4. The zero-order valence-electron chi connectivity index (χ0n) is 12.1. The molecule has 0 aliphatic carbocycles. The lowest BCUT2D eigenvalue weighted by atomic mass is 10.2. The zero-order valence-corrected chi connectivity index (χ0v) is 13.7. The Bertz CT molecular complexity index is 575. The summed E-state index contributed by atoms with van der Waals surface area (Å²) in [6, 6.07) is 7.61. The molecule has 2 rings (SSSR count). The Morgan fingerprint density at radius 2 is 2.14 bits per heavy atom. The lowest BCUT2D eigenvalue weighted by Crippen LogP contribution is -2.34. The molecule has 1 unspecified atom stereocenters. The van der Waals surface area contributed by atoms with Gasteiger partial charge in [0.2, 0.25) is 11.8 Å². The number of thioether (sulfide) groups is 1. The molecule has 1 heterocycles. The van der Waals surface area contributed by atoms with E-state index in [0.29, 0.717) is 10.9 Å². The number of aryl methyl sites for hydroxylation is 1. The minimum absolute atomic E-state index is 0.0243. The highest BCUT2D eigenvalue weighted by atomic mass is 32.2. The highest BCUT2D eigenvalue weighted by Gasteiger charge is 2.35. The average Bonchev–Trinajstić information content (AvgIpc) is 2.74. The molecule has 1 aromatic rings. The van der Waals surface area contributed by atoms with Gasteiger partial charge >= 0.3 is 0 Å². The van der Waals surface area contributed by atoms with Crippen LogP contribution in [0.2, 0.25) is 0 Å². The van der Waals surface area contributed by atoms with Crippen LogP contribution in [0.1, 0.15) is 25.3 Å². The van der Waals surface area contributed by atoms with Gasteiger partial charge in [-0.3, -0.25) is 14.5 Å². The van der Waals surface area contributed by atoms with Crippen LogP contribution in [-0.4, -0.2) is 32.8 Å². The number of para-hydroxylation sites is 1. The molecule has 1 fully saturated rings. The van der Waals surface area contributed by atoms with Crippen LogP contribution in [0.25, 0.3) is 0 Å². The number of rotatable bonds is 5. The SMILES string of the molecule is CCC1SC(=S)N(CCC(=O)Nc2ccccc2C)C1=O.